The van der Waals surface area contributed by atoms with Crippen molar-refractivity contribution in [3.63, 3.8) is 0 Å². The van der Waals surface area contributed by atoms with Crippen molar-refractivity contribution < 1.29 is 9.18 Å². The van der Waals surface area contributed by atoms with E-state index in [-0.39, 0.29) is 5.02 Å². The molecule has 0 atom stereocenters. The summed E-state index contributed by atoms with van der Waals surface area (Å²) in [7, 11) is 0. The second kappa shape index (κ2) is 5.24. The van der Waals surface area contributed by atoms with Gasteiger partial charge in [0.2, 0.25) is 0 Å². The summed E-state index contributed by atoms with van der Waals surface area (Å²) in [5.74, 6) is 4.06. The molecule has 0 fully saturated rings. The zero-order valence-electron chi connectivity index (χ0n) is 8.84. The minimum atomic E-state index is -0.561. The van der Waals surface area contributed by atoms with Gasteiger partial charge in [0.15, 0.2) is 0 Å². The van der Waals surface area contributed by atoms with E-state index in [0.29, 0.717) is 20.3 Å². The summed E-state index contributed by atoms with van der Waals surface area (Å²) in [6.07, 6.45) is 0. The minimum absolute atomic E-state index is 0.0415. The first-order chi connectivity index (χ1) is 8.52. The average molecular weight is 305 g/mol. The molecular formula is C11H7Cl2FN2OS. The number of carbonyl (C=O) groups excluding carboxylic acids is 1. The van der Waals surface area contributed by atoms with E-state index < -0.39 is 11.7 Å². The van der Waals surface area contributed by atoms with E-state index in [4.69, 9.17) is 29.0 Å². The normalized spacial score (nSPS) is 10.4. The topological polar surface area (TPSA) is 55.1 Å². The Labute approximate surface area is 116 Å². The SMILES string of the molecule is NNC(=O)c1ccc(-c2cc(F)c(Cl)cc2Cl)s1. The molecule has 3 nitrogen and oxygen atoms in total. The number of nitrogens with two attached hydrogens (primary N) is 1. The molecule has 0 saturated heterocycles. The van der Waals surface area contributed by atoms with Crippen molar-refractivity contribution in [2.75, 3.05) is 0 Å². The van der Waals surface area contributed by atoms with Gasteiger partial charge in [0, 0.05) is 10.4 Å². The number of hydrogen-bond donors (Lipinski definition) is 2. The quantitative estimate of drug-likeness (QED) is 0.386. The van der Waals surface area contributed by atoms with Gasteiger partial charge in [-0.2, -0.15) is 0 Å². The van der Waals surface area contributed by atoms with E-state index >= 15 is 0 Å². The van der Waals surface area contributed by atoms with Crippen LogP contribution >= 0.6 is 34.5 Å². The first-order valence-electron chi connectivity index (χ1n) is 4.78. The van der Waals surface area contributed by atoms with Crippen LogP contribution in [0.15, 0.2) is 24.3 Å². The number of carbonyl (C=O) groups is 1. The molecule has 1 aromatic carbocycles. The summed E-state index contributed by atoms with van der Waals surface area (Å²) in [4.78, 5) is 12.4. The molecule has 0 bridgehead atoms. The van der Waals surface area contributed by atoms with E-state index in [9.17, 15) is 9.18 Å². The average Bonchev–Trinajstić information content (AvgIpc) is 2.82. The van der Waals surface area contributed by atoms with Crippen LogP contribution in [0.1, 0.15) is 9.67 Å². The van der Waals surface area contributed by atoms with Gasteiger partial charge in [0.1, 0.15) is 5.82 Å². The molecule has 1 amide bonds. The highest BCUT2D eigenvalue weighted by Crippen LogP contribution is 2.36. The number of nitrogens with one attached hydrogen (secondary N) is 1. The monoisotopic (exact) mass is 304 g/mol. The molecule has 2 rings (SSSR count). The summed E-state index contributed by atoms with van der Waals surface area (Å²) >= 11 is 12.8. The molecule has 0 spiro atoms. The highest BCUT2D eigenvalue weighted by Gasteiger charge is 2.13. The van der Waals surface area contributed by atoms with E-state index in [1.54, 1.807) is 12.1 Å². The first kappa shape index (κ1) is 13.3. The van der Waals surface area contributed by atoms with Gasteiger partial charge >= 0.3 is 0 Å². The van der Waals surface area contributed by atoms with Gasteiger partial charge in [-0.15, -0.1) is 11.3 Å². The van der Waals surface area contributed by atoms with Gasteiger partial charge in [-0.25, -0.2) is 10.2 Å². The number of nitrogen functional groups attached to an aromatic ring is 1. The molecule has 3 N–H and O–H groups in total. The van der Waals surface area contributed by atoms with E-state index in [1.165, 1.54) is 12.1 Å². The predicted molar refractivity (Wildman–Crippen MR) is 71.4 cm³/mol. The van der Waals surface area contributed by atoms with Crippen molar-refractivity contribution in [2.24, 2.45) is 5.84 Å². The molecule has 0 aliphatic carbocycles. The Bertz CT molecular complexity index is 615. The Hall–Kier alpha value is -1.14. The fraction of sp³-hybridized carbons (Fsp3) is 0. The zero-order chi connectivity index (χ0) is 13.3. The molecule has 7 heteroatoms. The third-order valence-corrected chi connectivity index (χ3v) is 3.96. The summed E-state index contributed by atoms with van der Waals surface area (Å²) < 4.78 is 13.4. The van der Waals surface area contributed by atoms with Crippen molar-refractivity contribution in [3.05, 3.63) is 45.0 Å². The van der Waals surface area contributed by atoms with Crippen molar-refractivity contribution >= 4 is 40.4 Å². The first-order valence-corrected chi connectivity index (χ1v) is 6.36. The largest absolute Gasteiger partial charge is 0.289 e. The highest BCUT2D eigenvalue weighted by atomic mass is 35.5. The Kier molecular flexibility index (Phi) is 3.87. The lowest BCUT2D eigenvalue weighted by atomic mass is 10.2. The molecule has 2 aromatic rings. The molecule has 18 heavy (non-hydrogen) atoms. The fourth-order valence-electron chi connectivity index (χ4n) is 1.39. The number of hydrogen-bond acceptors (Lipinski definition) is 3. The van der Waals surface area contributed by atoms with Crippen molar-refractivity contribution in [1.29, 1.82) is 0 Å². The van der Waals surface area contributed by atoms with E-state index in [1.807, 2.05) is 5.43 Å². The molecule has 0 saturated carbocycles. The molecule has 1 aromatic heterocycles. The van der Waals surface area contributed by atoms with Crippen molar-refractivity contribution in [3.8, 4) is 10.4 Å². The van der Waals surface area contributed by atoms with Gasteiger partial charge in [-0.1, -0.05) is 23.2 Å². The fourth-order valence-corrected chi connectivity index (χ4v) is 2.87. The second-order valence-electron chi connectivity index (χ2n) is 3.38. The Morgan fingerprint density at radius 2 is 2.00 bits per heavy atom. The maximum absolute atomic E-state index is 13.4. The maximum atomic E-state index is 13.4. The van der Waals surface area contributed by atoms with Crippen LogP contribution < -0.4 is 11.3 Å². The lowest BCUT2D eigenvalue weighted by molar-refractivity contribution is 0.0957. The summed E-state index contributed by atoms with van der Waals surface area (Å²) in [6, 6.07) is 5.83. The van der Waals surface area contributed by atoms with E-state index in [2.05, 4.69) is 0 Å². The van der Waals surface area contributed by atoms with Crippen molar-refractivity contribution in [1.82, 2.24) is 5.43 Å². The highest BCUT2D eigenvalue weighted by molar-refractivity contribution is 7.17. The molecule has 0 aliphatic heterocycles. The molecule has 0 aliphatic rings. The summed E-state index contributed by atoms with van der Waals surface area (Å²) in [5.41, 5.74) is 2.51. The van der Waals surface area contributed by atoms with Crippen LogP contribution in [0.4, 0.5) is 4.39 Å². The minimum Gasteiger partial charge on any atom is -0.289 e. The lowest BCUT2D eigenvalue weighted by Crippen LogP contribution is -2.29. The number of thiophene rings is 1. The summed E-state index contributed by atoms with van der Waals surface area (Å²) in [6.45, 7) is 0. The number of amides is 1. The molecule has 0 radical (unpaired) electrons. The Balaban J connectivity index is 2.46. The Morgan fingerprint density at radius 1 is 1.28 bits per heavy atom. The van der Waals surface area contributed by atoms with Crippen LogP contribution in [0, 0.1) is 5.82 Å². The van der Waals surface area contributed by atoms with Crippen LogP contribution in [0.3, 0.4) is 0 Å². The number of hydrazine groups is 1. The van der Waals surface area contributed by atoms with E-state index in [0.717, 1.165) is 11.3 Å². The lowest BCUT2D eigenvalue weighted by Gasteiger charge is -2.03. The number of benzene rings is 1. The molecular weight excluding hydrogens is 298 g/mol. The predicted octanol–water partition coefficient (Wildman–Crippen LogP) is 3.46. The van der Waals surface area contributed by atoms with Crippen LogP contribution in [-0.2, 0) is 0 Å². The third-order valence-electron chi connectivity index (χ3n) is 2.24. The van der Waals surface area contributed by atoms with Gasteiger partial charge < -0.3 is 0 Å². The Morgan fingerprint density at radius 3 is 2.67 bits per heavy atom. The van der Waals surface area contributed by atoms with Crippen LogP contribution in [0.5, 0.6) is 0 Å². The zero-order valence-corrected chi connectivity index (χ0v) is 11.2. The van der Waals surface area contributed by atoms with Crippen LogP contribution in [0.25, 0.3) is 10.4 Å². The molecule has 1 heterocycles. The summed E-state index contributed by atoms with van der Waals surface area (Å²) in [5, 5.41) is 0.281. The van der Waals surface area contributed by atoms with Crippen LogP contribution in [0.2, 0.25) is 10.0 Å². The van der Waals surface area contributed by atoms with Gasteiger partial charge in [0.25, 0.3) is 5.91 Å². The molecule has 0 unspecified atom stereocenters. The number of rotatable bonds is 2. The molecule has 94 valence electrons. The standard InChI is InChI=1S/C11H7Cl2FN2OS/c12-6-4-7(13)8(14)3-5(6)9-1-2-10(18-9)11(17)16-15/h1-4H,15H2,(H,16,17). The second-order valence-corrected chi connectivity index (χ2v) is 5.28. The van der Waals surface area contributed by atoms with Gasteiger partial charge in [0.05, 0.1) is 14.9 Å². The number of halogens is 3. The third kappa shape index (κ3) is 2.49. The van der Waals surface area contributed by atoms with Crippen molar-refractivity contribution in [2.45, 2.75) is 0 Å². The van der Waals surface area contributed by atoms with Gasteiger partial charge in [-0.05, 0) is 24.3 Å². The van der Waals surface area contributed by atoms with Crippen LogP contribution in [-0.4, -0.2) is 5.91 Å². The van der Waals surface area contributed by atoms with Gasteiger partial charge in [-0.3, -0.25) is 10.2 Å². The maximum Gasteiger partial charge on any atom is 0.275 e. The smallest absolute Gasteiger partial charge is 0.275 e.